The lowest BCUT2D eigenvalue weighted by atomic mass is 10.2. The van der Waals surface area contributed by atoms with Crippen LogP contribution in [-0.2, 0) is 11.2 Å². The van der Waals surface area contributed by atoms with Crippen molar-refractivity contribution < 1.29 is 9.90 Å². The second kappa shape index (κ2) is 5.28. The molecule has 1 amide bonds. The third-order valence-corrected chi connectivity index (χ3v) is 3.14. The number of nitrogens with one attached hydrogen (secondary N) is 1. The number of hydrogen-bond donors (Lipinski definition) is 2. The highest BCUT2D eigenvalue weighted by Gasteiger charge is 2.08. The molecule has 1 aromatic carbocycles. The molecule has 0 saturated carbocycles. The van der Waals surface area contributed by atoms with Crippen molar-refractivity contribution in [2.75, 3.05) is 5.32 Å². The molecule has 0 fully saturated rings. The molecule has 106 valence electrons. The molecule has 0 radical (unpaired) electrons. The van der Waals surface area contributed by atoms with Crippen LogP contribution in [0.3, 0.4) is 0 Å². The van der Waals surface area contributed by atoms with Gasteiger partial charge in [-0.05, 0) is 36.8 Å². The normalized spacial score (nSPS) is 10.7. The highest BCUT2D eigenvalue weighted by atomic mass is 16.3. The minimum atomic E-state index is -0.166. The van der Waals surface area contributed by atoms with Gasteiger partial charge in [-0.25, -0.2) is 4.98 Å². The molecule has 2 aromatic heterocycles. The summed E-state index contributed by atoms with van der Waals surface area (Å²) in [4.78, 5) is 16.4. The lowest BCUT2D eigenvalue weighted by Crippen LogP contribution is -2.14. The van der Waals surface area contributed by atoms with Crippen molar-refractivity contribution in [3.05, 3.63) is 60.0 Å². The van der Waals surface area contributed by atoms with Gasteiger partial charge in [0.05, 0.1) is 12.1 Å². The van der Waals surface area contributed by atoms with Crippen LogP contribution in [0.25, 0.3) is 5.65 Å². The van der Waals surface area contributed by atoms with Gasteiger partial charge < -0.3 is 14.8 Å². The van der Waals surface area contributed by atoms with Gasteiger partial charge in [-0.15, -0.1) is 0 Å². The van der Waals surface area contributed by atoms with Crippen LogP contribution in [0, 0.1) is 6.92 Å². The van der Waals surface area contributed by atoms with E-state index >= 15 is 0 Å². The standard InChI is InChI=1S/C16H15N3O2/c1-11-5-6-19-10-13(17-15(19)7-11)9-16(21)18-12-3-2-4-14(20)8-12/h2-8,10,20H,9H2,1H3,(H,18,21). The van der Waals surface area contributed by atoms with Gasteiger partial charge in [0.1, 0.15) is 11.4 Å². The predicted octanol–water partition coefficient (Wildman–Crippen LogP) is 2.53. The maximum Gasteiger partial charge on any atom is 0.230 e. The van der Waals surface area contributed by atoms with Crippen LogP contribution in [0.5, 0.6) is 5.75 Å². The summed E-state index contributed by atoms with van der Waals surface area (Å²) in [6.45, 7) is 2.00. The number of aromatic hydroxyl groups is 1. The first-order chi connectivity index (χ1) is 10.1. The highest BCUT2D eigenvalue weighted by molar-refractivity contribution is 5.92. The fourth-order valence-electron chi connectivity index (χ4n) is 2.17. The Hall–Kier alpha value is -2.82. The van der Waals surface area contributed by atoms with E-state index in [2.05, 4.69) is 10.3 Å². The zero-order valence-electron chi connectivity index (χ0n) is 11.6. The maximum absolute atomic E-state index is 12.0. The first-order valence-electron chi connectivity index (χ1n) is 6.63. The van der Waals surface area contributed by atoms with E-state index in [9.17, 15) is 9.90 Å². The first kappa shape index (κ1) is 13.2. The van der Waals surface area contributed by atoms with Crippen molar-refractivity contribution in [1.82, 2.24) is 9.38 Å². The number of aromatic nitrogens is 2. The van der Waals surface area contributed by atoms with E-state index in [0.29, 0.717) is 11.4 Å². The molecule has 3 aromatic rings. The number of aryl methyl sites for hydroxylation is 1. The van der Waals surface area contributed by atoms with Crippen molar-refractivity contribution in [2.45, 2.75) is 13.3 Å². The zero-order chi connectivity index (χ0) is 14.8. The number of imidazole rings is 1. The van der Waals surface area contributed by atoms with Crippen LogP contribution < -0.4 is 5.32 Å². The van der Waals surface area contributed by atoms with Gasteiger partial charge in [0.15, 0.2) is 0 Å². The van der Waals surface area contributed by atoms with E-state index in [0.717, 1.165) is 11.2 Å². The number of nitrogens with zero attached hydrogens (tertiary/aromatic N) is 2. The van der Waals surface area contributed by atoms with Gasteiger partial charge in [0, 0.05) is 24.1 Å². The molecule has 2 heterocycles. The fourth-order valence-corrected chi connectivity index (χ4v) is 2.17. The topological polar surface area (TPSA) is 66.6 Å². The molecule has 0 bridgehead atoms. The molecule has 3 rings (SSSR count). The quantitative estimate of drug-likeness (QED) is 0.775. The maximum atomic E-state index is 12.0. The van der Waals surface area contributed by atoms with Crippen LogP contribution in [0.4, 0.5) is 5.69 Å². The number of phenolic OH excluding ortho intramolecular Hbond substituents is 1. The molecule has 0 saturated heterocycles. The van der Waals surface area contributed by atoms with Gasteiger partial charge >= 0.3 is 0 Å². The molecule has 5 nitrogen and oxygen atoms in total. The zero-order valence-corrected chi connectivity index (χ0v) is 11.6. The predicted molar refractivity (Wildman–Crippen MR) is 80.4 cm³/mol. The van der Waals surface area contributed by atoms with Gasteiger partial charge in [0.2, 0.25) is 5.91 Å². The average Bonchev–Trinajstić information content (AvgIpc) is 2.79. The number of fused-ring (bicyclic) bond motifs is 1. The number of anilines is 1. The lowest BCUT2D eigenvalue weighted by Gasteiger charge is -2.03. The van der Waals surface area contributed by atoms with E-state index in [1.807, 2.05) is 35.9 Å². The van der Waals surface area contributed by atoms with E-state index in [-0.39, 0.29) is 18.1 Å². The lowest BCUT2D eigenvalue weighted by molar-refractivity contribution is -0.115. The number of carbonyl (C=O) groups is 1. The second-order valence-corrected chi connectivity index (χ2v) is 4.98. The van der Waals surface area contributed by atoms with Gasteiger partial charge in [-0.1, -0.05) is 6.07 Å². The third-order valence-electron chi connectivity index (χ3n) is 3.14. The van der Waals surface area contributed by atoms with E-state index < -0.39 is 0 Å². The van der Waals surface area contributed by atoms with Crippen molar-refractivity contribution in [2.24, 2.45) is 0 Å². The first-order valence-corrected chi connectivity index (χ1v) is 6.63. The number of rotatable bonds is 3. The summed E-state index contributed by atoms with van der Waals surface area (Å²) in [5.41, 5.74) is 3.23. The number of hydrogen-bond acceptors (Lipinski definition) is 3. The molecule has 0 unspecified atom stereocenters. The molecular formula is C16H15N3O2. The summed E-state index contributed by atoms with van der Waals surface area (Å²) in [5.74, 6) is -0.0447. The highest BCUT2D eigenvalue weighted by Crippen LogP contribution is 2.16. The average molecular weight is 281 g/mol. The van der Waals surface area contributed by atoms with E-state index in [4.69, 9.17) is 0 Å². The Balaban J connectivity index is 1.74. The molecule has 2 N–H and O–H groups in total. The van der Waals surface area contributed by atoms with Gasteiger partial charge in [-0.3, -0.25) is 4.79 Å². The molecule has 21 heavy (non-hydrogen) atoms. The van der Waals surface area contributed by atoms with Crippen molar-refractivity contribution in [3.8, 4) is 5.75 Å². The fraction of sp³-hybridized carbons (Fsp3) is 0.125. The molecular weight excluding hydrogens is 266 g/mol. The molecule has 0 spiro atoms. The van der Waals surface area contributed by atoms with Crippen LogP contribution in [0.15, 0.2) is 48.8 Å². The molecule has 0 aliphatic carbocycles. The minimum Gasteiger partial charge on any atom is -0.508 e. The smallest absolute Gasteiger partial charge is 0.230 e. The Morgan fingerprint density at radius 2 is 2.19 bits per heavy atom. The number of amides is 1. The number of pyridine rings is 1. The Morgan fingerprint density at radius 1 is 1.33 bits per heavy atom. The van der Waals surface area contributed by atoms with Crippen LogP contribution in [0.1, 0.15) is 11.3 Å². The molecule has 5 heteroatoms. The van der Waals surface area contributed by atoms with Crippen molar-refractivity contribution >= 4 is 17.2 Å². The summed E-state index contributed by atoms with van der Waals surface area (Å²) in [6, 6.07) is 10.4. The van der Waals surface area contributed by atoms with Gasteiger partial charge in [-0.2, -0.15) is 0 Å². The largest absolute Gasteiger partial charge is 0.508 e. The van der Waals surface area contributed by atoms with Crippen LogP contribution in [-0.4, -0.2) is 20.4 Å². The van der Waals surface area contributed by atoms with Crippen LogP contribution >= 0.6 is 0 Å². The summed E-state index contributed by atoms with van der Waals surface area (Å²) < 4.78 is 1.89. The Bertz CT molecular complexity index is 808. The summed E-state index contributed by atoms with van der Waals surface area (Å²) in [7, 11) is 0. The molecule has 0 aliphatic rings. The van der Waals surface area contributed by atoms with Crippen LogP contribution in [0.2, 0.25) is 0 Å². The number of phenols is 1. The number of benzene rings is 1. The molecule has 0 atom stereocenters. The summed E-state index contributed by atoms with van der Waals surface area (Å²) in [6.07, 6.45) is 3.96. The second-order valence-electron chi connectivity index (χ2n) is 4.98. The Kier molecular flexibility index (Phi) is 3.31. The summed E-state index contributed by atoms with van der Waals surface area (Å²) >= 11 is 0. The van der Waals surface area contributed by atoms with Gasteiger partial charge in [0.25, 0.3) is 0 Å². The summed E-state index contributed by atoms with van der Waals surface area (Å²) in [5, 5.41) is 12.1. The van der Waals surface area contributed by atoms with E-state index in [1.54, 1.807) is 18.2 Å². The van der Waals surface area contributed by atoms with E-state index in [1.165, 1.54) is 6.07 Å². The van der Waals surface area contributed by atoms with Crippen molar-refractivity contribution in [3.63, 3.8) is 0 Å². The Morgan fingerprint density at radius 3 is 3.00 bits per heavy atom. The third kappa shape index (κ3) is 3.02. The monoisotopic (exact) mass is 281 g/mol. The van der Waals surface area contributed by atoms with Crippen molar-refractivity contribution in [1.29, 1.82) is 0 Å². The minimum absolute atomic E-state index is 0.121. The number of carbonyl (C=O) groups excluding carboxylic acids is 1. The SMILES string of the molecule is Cc1ccn2cc(CC(=O)Nc3cccc(O)c3)nc2c1. The Labute approximate surface area is 121 Å². The molecule has 0 aliphatic heterocycles.